The number of carbonyl (C=O) groups excluding carboxylic acids is 1. The Balaban J connectivity index is 1.79. The monoisotopic (exact) mass is 423 g/mol. The van der Waals surface area contributed by atoms with E-state index in [-0.39, 0.29) is 18.7 Å². The highest BCUT2D eigenvalue weighted by Crippen LogP contribution is 2.21. The number of benzene rings is 2. The Morgan fingerprint density at radius 1 is 1.06 bits per heavy atom. The normalized spacial score (nSPS) is 10.5. The third kappa shape index (κ3) is 6.42. The number of amides is 1. The quantitative estimate of drug-likeness (QED) is 0.529. The van der Waals surface area contributed by atoms with Crippen LogP contribution in [-0.4, -0.2) is 42.8 Å². The molecule has 3 aromatic rings. The maximum atomic E-state index is 12.4. The molecule has 0 aliphatic rings. The van der Waals surface area contributed by atoms with Gasteiger partial charge in [-0.15, -0.1) is 0 Å². The van der Waals surface area contributed by atoms with Crippen LogP contribution in [0.3, 0.4) is 0 Å². The first kappa shape index (κ1) is 22.0. The molecular weight excluding hydrogens is 398 g/mol. The summed E-state index contributed by atoms with van der Waals surface area (Å²) in [5.74, 6) is 0.701. The lowest BCUT2D eigenvalue weighted by Crippen LogP contribution is -2.23. The van der Waals surface area contributed by atoms with Gasteiger partial charge in [0.1, 0.15) is 12.4 Å². The molecule has 0 fully saturated rings. The van der Waals surface area contributed by atoms with Gasteiger partial charge in [-0.05, 0) is 42.8 Å². The summed E-state index contributed by atoms with van der Waals surface area (Å²) in [5.41, 5.74) is 2.66. The topological polar surface area (TPSA) is 91.7 Å². The summed E-state index contributed by atoms with van der Waals surface area (Å²) in [5, 5.41) is 7.16. The minimum atomic E-state index is -0.524. The summed E-state index contributed by atoms with van der Waals surface area (Å²) in [6.45, 7) is 3.23. The van der Waals surface area contributed by atoms with Crippen molar-refractivity contribution in [3.8, 4) is 17.0 Å². The Kier molecular flexibility index (Phi) is 7.78. The highest BCUT2D eigenvalue weighted by Gasteiger charge is 2.08. The maximum Gasteiger partial charge on any atom is 0.411 e. The number of aromatic nitrogens is 2. The van der Waals surface area contributed by atoms with E-state index in [1.165, 1.54) is 10.7 Å². The van der Waals surface area contributed by atoms with Crippen LogP contribution in [0, 0.1) is 0 Å². The number of ether oxygens (including phenoxy) is 3. The van der Waals surface area contributed by atoms with E-state index in [0.717, 1.165) is 11.1 Å². The van der Waals surface area contributed by atoms with Gasteiger partial charge in [-0.3, -0.25) is 10.1 Å². The largest absolute Gasteiger partial charge is 0.491 e. The molecule has 8 nitrogen and oxygen atoms in total. The Morgan fingerprint density at radius 2 is 1.90 bits per heavy atom. The summed E-state index contributed by atoms with van der Waals surface area (Å²) >= 11 is 0. The van der Waals surface area contributed by atoms with Gasteiger partial charge in [-0.25, -0.2) is 9.48 Å². The number of hydrogen-bond acceptors (Lipinski definition) is 6. The van der Waals surface area contributed by atoms with E-state index < -0.39 is 6.09 Å². The number of anilines is 1. The molecule has 0 saturated heterocycles. The molecule has 0 bridgehead atoms. The number of carbonyl (C=O) groups is 1. The first-order valence-corrected chi connectivity index (χ1v) is 9.92. The Bertz CT molecular complexity index is 1080. The predicted octanol–water partition coefficient (Wildman–Crippen LogP) is 3.55. The van der Waals surface area contributed by atoms with E-state index in [2.05, 4.69) is 10.4 Å². The number of hydrogen-bond donors (Lipinski definition) is 1. The zero-order valence-corrected chi connectivity index (χ0v) is 17.5. The van der Waals surface area contributed by atoms with Crippen molar-refractivity contribution >= 4 is 11.8 Å². The molecule has 0 radical (unpaired) electrons. The second kappa shape index (κ2) is 10.9. The fraction of sp³-hybridized carbons (Fsp3) is 0.261. The summed E-state index contributed by atoms with van der Waals surface area (Å²) in [4.78, 5) is 24.0. The van der Waals surface area contributed by atoms with E-state index >= 15 is 0 Å². The van der Waals surface area contributed by atoms with Gasteiger partial charge >= 0.3 is 6.09 Å². The van der Waals surface area contributed by atoms with Crippen LogP contribution in [0.2, 0.25) is 0 Å². The zero-order valence-electron chi connectivity index (χ0n) is 17.5. The zero-order chi connectivity index (χ0) is 22.1. The molecule has 2 aromatic carbocycles. The van der Waals surface area contributed by atoms with E-state index in [4.69, 9.17) is 14.2 Å². The standard InChI is InChI=1S/C23H25N3O5/c1-3-30-23(28)24-19-8-4-6-17(14-19)16-26-22(27)11-10-21(25-26)18-7-5-9-20(15-18)31-13-12-29-2/h4-11,14-15H,3,12-13,16H2,1-2H3,(H,24,28). The second-order valence-electron chi connectivity index (χ2n) is 6.63. The third-order valence-corrected chi connectivity index (χ3v) is 4.33. The van der Waals surface area contributed by atoms with Crippen LogP contribution in [-0.2, 0) is 16.0 Å². The Labute approximate surface area is 180 Å². The van der Waals surface area contributed by atoms with Gasteiger partial charge in [0.2, 0.25) is 0 Å². The van der Waals surface area contributed by atoms with Gasteiger partial charge in [-0.1, -0.05) is 24.3 Å². The van der Waals surface area contributed by atoms with Gasteiger partial charge in [0.25, 0.3) is 5.56 Å². The number of methoxy groups -OCH3 is 1. The lowest BCUT2D eigenvalue weighted by molar-refractivity contribution is 0.146. The first-order chi connectivity index (χ1) is 15.1. The molecule has 0 spiro atoms. The molecule has 1 amide bonds. The van der Waals surface area contributed by atoms with E-state index in [1.54, 1.807) is 38.3 Å². The van der Waals surface area contributed by atoms with Crippen LogP contribution >= 0.6 is 0 Å². The van der Waals surface area contributed by atoms with Gasteiger partial charge < -0.3 is 14.2 Å². The van der Waals surface area contributed by atoms with Crippen LogP contribution in [0.5, 0.6) is 5.75 Å². The Morgan fingerprint density at radius 3 is 2.71 bits per heavy atom. The molecule has 162 valence electrons. The van der Waals surface area contributed by atoms with Crippen molar-refractivity contribution in [1.82, 2.24) is 9.78 Å². The van der Waals surface area contributed by atoms with Gasteiger partial charge in [0.05, 0.1) is 25.5 Å². The third-order valence-electron chi connectivity index (χ3n) is 4.33. The van der Waals surface area contributed by atoms with Crippen molar-refractivity contribution in [2.75, 3.05) is 32.2 Å². The smallest absolute Gasteiger partial charge is 0.411 e. The predicted molar refractivity (Wildman–Crippen MR) is 117 cm³/mol. The minimum absolute atomic E-state index is 0.222. The van der Waals surface area contributed by atoms with E-state index in [0.29, 0.717) is 30.3 Å². The van der Waals surface area contributed by atoms with Gasteiger partial charge in [-0.2, -0.15) is 5.10 Å². The fourth-order valence-electron chi connectivity index (χ4n) is 2.91. The molecule has 1 N–H and O–H groups in total. The fourth-order valence-corrected chi connectivity index (χ4v) is 2.91. The number of rotatable bonds is 9. The minimum Gasteiger partial charge on any atom is -0.491 e. The molecule has 0 aliphatic carbocycles. The van der Waals surface area contributed by atoms with Crippen LogP contribution in [0.4, 0.5) is 10.5 Å². The highest BCUT2D eigenvalue weighted by molar-refractivity contribution is 5.84. The van der Waals surface area contributed by atoms with Crippen LogP contribution in [0.15, 0.2) is 65.5 Å². The summed E-state index contributed by atoms with van der Waals surface area (Å²) in [6.07, 6.45) is -0.524. The highest BCUT2D eigenvalue weighted by atomic mass is 16.5. The maximum absolute atomic E-state index is 12.4. The van der Waals surface area contributed by atoms with Crippen molar-refractivity contribution in [1.29, 1.82) is 0 Å². The lowest BCUT2D eigenvalue weighted by atomic mass is 10.1. The molecular formula is C23H25N3O5. The second-order valence-corrected chi connectivity index (χ2v) is 6.63. The van der Waals surface area contributed by atoms with E-state index in [1.807, 2.05) is 30.3 Å². The van der Waals surface area contributed by atoms with Crippen molar-refractivity contribution in [3.05, 3.63) is 76.6 Å². The average Bonchev–Trinajstić information content (AvgIpc) is 2.76. The van der Waals surface area contributed by atoms with Gasteiger partial charge in [0, 0.05) is 24.4 Å². The van der Waals surface area contributed by atoms with Crippen molar-refractivity contribution in [2.45, 2.75) is 13.5 Å². The van der Waals surface area contributed by atoms with Crippen molar-refractivity contribution < 1.29 is 19.0 Å². The van der Waals surface area contributed by atoms with Crippen LogP contribution < -0.4 is 15.6 Å². The molecule has 1 heterocycles. The Hall–Kier alpha value is -3.65. The molecule has 3 rings (SSSR count). The summed E-state index contributed by atoms with van der Waals surface area (Å²) < 4.78 is 16.9. The molecule has 0 unspecified atom stereocenters. The molecule has 1 aromatic heterocycles. The van der Waals surface area contributed by atoms with Crippen molar-refractivity contribution in [3.63, 3.8) is 0 Å². The molecule has 8 heteroatoms. The van der Waals surface area contributed by atoms with Crippen LogP contribution in [0.1, 0.15) is 12.5 Å². The average molecular weight is 423 g/mol. The molecule has 31 heavy (non-hydrogen) atoms. The lowest BCUT2D eigenvalue weighted by Gasteiger charge is -2.11. The van der Waals surface area contributed by atoms with E-state index in [9.17, 15) is 9.59 Å². The summed E-state index contributed by atoms with van der Waals surface area (Å²) in [6, 6.07) is 17.9. The SMILES string of the molecule is CCOC(=O)Nc1cccc(Cn2nc(-c3cccc(OCCOC)c3)ccc2=O)c1. The van der Waals surface area contributed by atoms with Crippen LogP contribution in [0.25, 0.3) is 11.3 Å². The molecule has 0 atom stereocenters. The summed E-state index contributed by atoms with van der Waals surface area (Å²) in [7, 11) is 1.62. The van der Waals surface area contributed by atoms with Crippen molar-refractivity contribution in [2.24, 2.45) is 0 Å². The number of nitrogens with one attached hydrogen (secondary N) is 1. The molecule has 0 saturated carbocycles. The molecule has 0 aliphatic heterocycles. The van der Waals surface area contributed by atoms with Gasteiger partial charge in [0.15, 0.2) is 0 Å². The first-order valence-electron chi connectivity index (χ1n) is 9.92. The number of nitrogens with zero attached hydrogens (tertiary/aromatic N) is 2.